The summed E-state index contributed by atoms with van der Waals surface area (Å²) in [5.41, 5.74) is 1.73. The van der Waals surface area contributed by atoms with Crippen LogP contribution in [0.5, 0.6) is 6.01 Å². The molecule has 0 radical (unpaired) electrons. The molecule has 0 aliphatic carbocycles. The van der Waals surface area contributed by atoms with Gasteiger partial charge in [0.2, 0.25) is 0 Å². The fraction of sp³-hybridized carbons (Fsp3) is 0.700. The summed E-state index contributed by atoms with van der Waals surface area (Å²) in [5.74, 6) is 0.579. The molecule has 1 aromatic rings. The molecular weight excluding hydrogens is 192 g/mol. The van der Waals surface area contributed by atoms with Crippen LogP contribution in [0.3, 0.4) is 0 Å². The Kier molecular flexibility index (Phi) is 3.11. The van der Waals surface area contributed by atoms with Crippen molar-refractivity contribution in [3.05, 3.63) is 11.4 Å². The lowest BCUT2D eigenvalue weighted by Crippen LogP contribution is -2.16. The minimum Gasteiger partial charge on any atom is -0.462 e. The Hall–Kier alpha value is -1.23. The first-order valence-corrected chi connectivity index (χ1v) is 5.27. The van der Waals surface area contributed by atoms with Crippen molar-refractivity contribution in [1.82, 2.24) is 20.5 Å². The van der Waals surface area contributed by atoms with E-state index in [0.717, 1.165) is 30.9 Å². The van der Waals surface area contributed by atoms with Gasteiger partial charge >= 0.3 is 6.01 Å². The summed E-state index contributed by atoms with van der Waals surface area (Å²) in [5, 5.41) is 11.2. The SMILES string of the molecule is Cc1nnc(OCC2CCNC2)nc1C. The van der Waals surface area contributed by atoms with Crippen molar-refractivity contribution < 1.29 is 4.74 Å². The average molecular weight is 208 g/mol. The number of ether oxygens (including phenoxy) is 1. The first-order valence-electron chi connectivity index (χ1n) is 5.27. The molecule has 1 saturated heterocycles. The van der Waals surface area contributed by atoms with Crippen LogP contribution in [0, 0.1) is 19.8 Å². The number of hydrogen-bond donors (Lipinski definition) is 1. The van der Waals surface area contributed by atoms with Gasteiger partial charge in [0, 0.05) is 12.5 Å². The van der Waals surface area contributed by atoms with Gasteiger partial charge in [-0.05, 0) is 26.8 Å². The minimum atomic E-state index is 0.394. The zero-order chi connectivity index (χ0) is 10.7. The molecule has 0 aromatic carbocycles. The normalized spacial score (nSPS) is 20.5. The quantitative estimate of drug-likeness (QED) is 0.782. The van der Waals surface area contributed by atoms with E-state index in [1.54, 1.807) is 0 Å². The maximum absolute atomic E-state index is 5.50. The molecule has 0 amide bonds. The van der Waals surface area contributed by atoms with Crippen molar-refractivity contribution in [1.29, 1.82) is 0 Å². The van der Waals surface area contributed by atoms with E-state index >= 15 is 0 Å². The van der Waals surface area contributed by atoms with E-state index in [-0.39, 0.29) is 0 Å². The Morgan fingerprint density at radius 2 is 2.20 bits per heavy atom. The summed E-state index contributed by atoms with van der Waals surface area (Å²) < 4.78 is 5.50. The first kappa shape index (κ1) is 10.3. The standard InChI is InChI=1S/C10H16N4O/c1-7-8(2)13-14-10(12-7)15-6-9-3-4-11-5-9/h9,11H,3-6H2,1-2H3. The molecule has 2 rings (SSSR count). The Balaban J connectivity index is 1.90. The van der Waals surface area contributed by atoms with Crippen LogP contribution in [0.2, 0.25) is 0 Å². The number of hydrogen-bond acceptors (Lipinski definition) is 5. The summed E-state index contributed by atoms with van der Waals surface area (Å²) >= 11 is 0. The lowest BCUT2D eigenvalue weighted by Gasteiger charge is -2.09. The lowest BCUT2D eigenvalue weighted by molar-refractivity contribution is 0.237. The number of nitrogens with zero attached hydrogens (tertiary/aromatic N) is 3. The Morgan fingerprint density at radius 3 is 2.87 bits per heavy atom. The molecule has 1 atom stereocenters. The maximum atomic E-state index is 5.50. The number of rotatable bonds is 3. The molecule has 2 heterocycles. The molecule has 1 aliphatic rings. The molecule has 5 heteroatoms. The fourth-order valence-corrected chi connectivity index (χ4v) is 1.55. The predicted molar refractivity (Wildman–Crippen MR) is 55.8 cm³/mol. The van der Waals surface area contributed by atoms with E-state index in [1.807, 2.05) is 13.8 Å². The third-order valence-electron chi connectivity index (χ3n) is 2.68. The highest BCUT2D eigenvalue weighted by atomic mass is 16.5. The molecular formula is C10H16N4O. The molecule has 0 bridgehead atoms. The predicted octanol–water partition coefficient (Wildman–Crippen LogP) is 0.477. The molecule has 1 aliphatic heterocycles. The average Bonchev–Trinajstić information content (AvgIpc) is 2.73. The fourth-order valence-electron chi connectivity index (χ4n) is 1.55. The van der Waals surface area contributed by atoms with Crippen LogP contribution in [0.25, 0.3) is 0 Å². The van der Waals surface area contributed by atoms with Gasteiger partial charge in [-0.15, -0.1) is 5.10 Å². The van der Waals surface area contributed by atoms with Crippen LogP contribution in [-0.2, 0) is 0 Å². The molecule has 1 unspecified atom stereocenters. The number of nitrogens with one attached hydrogen (secondary N) is 1. The van der Waals surface area contributed by atoms with E-state index in [2.05, 4.69) is 20.5 Å². The second-order valence-corrected chi connectivity index (χ2v) is 3.94. The minimum absolute atomic E-state index is 0.394. The summed E-state index contributed by atoms with van der Waals surface area (Å²) in [6, 6.07) is 0.394. The van der Waals surface area contributed by atoms with Crippen molar-refractivity contribution in [2.75, 3.05) is 19.7 Å². The number of aromatic nitrogens is 3. The summed E-state index contributed by atoms with van der Waals surface area (Å²) in [7, 11) is 0. The Morgan fingerprint density at radius 1 is 1.33 bits per heavy atom. The van der Waals surface area contributed by atoms with Gasteiger partial charge in [-0.25, -0.2) is 0 Å². The highest BCUT2D eigenvalue weighted by Crippen LogP contribution is 2.10. The zero-order valence-electron chi connectivity index (χ0n) is 9.16. The van der Waals surface area contributed by atoms with Crippen LogP contribution in [0.15, 0.2) is 0 Å². The second kappa shape index (κ2) is 4.53. The van der Waals surface area contributed by atoms with Gasteiger partial charge in [-0.3, -0.25) is 0 Å². The van der Waals surface area contributed by atoms with Crippen LogP contribution >= 0.6 is 0 Å². The highest BCUT2D eigenvalue weighted by Gasteiger charge is 2.15. The summed E-state index contributed by atoms with van der Waals surface area (Å²) in [6.45, 7) is 6.59. The maximum Gasteiger partial charge on any atom is 0.335 e. The summed E-state index contributed by atoms with van der Waals surface area (Å²) in [4.78, 5) is 4.22. The van der Waals surface area contributed by atoms with Gasteiger partial charge in [0.1, 0.15) is 0 Å². The van der Waals surface area contributed by atoms with Crippen molar-refractivity contribution in [3.63, 3.8) is 0 Å². The van der Waals surface area contributed by atoms with Gasteiger partial charge in [-0.2, -0.15) is 4.98 Å². The van der Waals surface area contributed by atoms with Crippen molar-refractivity contribution in [3.8, 4) is 6.01 Å². The molecule has 1 fully saturated rings. The van der Waals surface area contributed by atoms with Crippen LogP contribution in [0.4, 0.5) is 0 Å². The summed E-state index contributed by atoms with van der Waals surface area (Å²) in [6.07, 6.45) is 1.16. The molecule has 15 heavy (non-hydrogen) atoms. The topological polar surface area (TPSA) is 59.9 Å². The third-order valence-corrected chi connectivity index (χ3v) is 2.68. The second-order valence-electron chi connectivity index (χ2n) is 3.94. The van der Waals surface area contributed by atoms with Crippen LogP contribution in [-0.4, -0.2) is 34.9 Å². The van der Waals surface area contributed by atoms with Crippen molar-refractivity contribution >= 4 is 0 Å². The van der Waals surface area contributed by atoms with Gasteiger partial charge in [0.25, 0.3) is 0 Å². The monoisotopic (exact) mass is 208 g/mol. The smallest absolute Gasteiger partial charge is 0.335 e. The third kappa shape index (κ3) is 2.62. The van der Waals surface area contributed by atoms with Crippen LogP contribution in [0.1, 0.15) is 17.8 Å². The Bertz CT molecular complexity index is 336. The highest BCUT2D eigenvalue weighted by molar-refractivity contribution is 5.07. The van der Waals surface area contributed by atoms with E-state index in [9.17, 15) is 0 Å². The molecule has 0 spiro atoms. The first-order chi connectivity index (χ1) is 7.25. The van der Waals surface area contributed by atoms with Gasteiger partial charge in [0.05, 0.1) is 18.0 Å². The van der Waals surface area contributed by atoms with E-state index in [1.165, 1.54) is 0 Å². The van der Waals surface area contributed by atoms with Gasteiger partial charge < -0.3 is 10.1 Å². The molecule has 82 valence electrons. The van der Waals surface area contributed by atoms with Gasteiger partial charge in [-0.1, -0.05) is 5.10 Å². The van der Waals surface area contributed by atoms with E-state index < -0.39 is 0 Å². The molecule has 1 aromatic heterocycles. The van der Waals surface area contributed by atoms with E-state index in [4.69, 9.17) is 4.74 Å². The van der Waals surface area contributed by atoms with Crippen molar-refractivity contribution in [2.45, 2.75) is 20.3 Å². The molecule has 0 saturated carbocycles. The van der Waals surface area contributed by atoms with Crippen LogP contribution < -0.4 is 10.1 Å². The molecule has 1 N–H and O–H groups in total. The Labute approximate surface area is 89.3 Å². The van der Waals surface area contributed by atoms with E-state index in [0.29, 0.717) is 18.5 Å². The lowest BCUT2D eigenvalue weighted by atomic mass is 10.1. The zero-order valence-corrected chi connectivity index (χ0v) is 9.16. The molecule has 5 nitrogen and oxygen atoms in total. The largest absolute Gasteiger partial charge is 0.462 e. The van der Waals surface area contributed by atoms with Crippen molar-refractivity contribution in [2.24, 2.45) is 5.92 Å². The number of aryl methyl sites for hydroxylation is 2. The van der Waals surface area contributed by atoms with Gasteiger partial charge in [0.15, 0.2) is 0 Å².